The summed E-state index contributed by atoms with van der Waals surface area (Å²) in [6, 6.07) is 77.1. The summed E-state index contributed by atoms with van der Waals surface area (Å²) >= 11 is 0. The van der Waals surface area contributed by atoms with Crippen LogP contribution >= 0.6 is 0 Å². The largest absolute Gasteiger partial charge is 0.378 e. The van der Waals surface area contributed by atoms with Crippen molar-refractivity contribution in [2.75, 3.05) is 21.3 Å². The Morgan fingerprint density at radius 3 is 1.45 bits per heavy atom. The van der Waals surface area contributed by atoms with Gasteiger partial charge in [0.25, 0.3) is 0 Å². The van der Waals surface area contributed by atoms with Crippen molar-refractivity contribution in [1.29, 1.82) is 0 Å². The Morgan fingerprint density at radius 2 is 0.903 bits per heavy atom. The average molecular weight is 809 g/mol. The minimum Gasteiger partial charge on any atom is -0.378 e. The maximum absolute atomic E-state index is 3.80. The molecule has 0 aromatic heterocycles. The molecule has 2 aliphatic rings. The number of para-hydroxylation sites is 2. The predicted octanol–water partition coefficient (Wildman–Crippen LogP) is 15.5. The van der Waals surface area contributed by atoms with Crippen molar-refractivity contribution < 1.29 is 0 Å². The molecule has 8 aromatic rings. The van der Waals surface area contributed by atoms with Gasteiger partial charge < -0.3 is 21.3 Å². The molecule has 62 heavy (non-hydrogen) atoms. The molecule has 2 heterocycles. The third kappa shape index (κ3) is 9.06. The van der Waals surface area contributed by atoms with E-state index in [2.05, 4.69) is 235 Å². The molecule has 10 rings (SSSR count). The second-order valence-electron chi connectivity index (χ2n) is 16.1. The highest BCUT2D eigenvalue weighted by molar-refractivity contribution is 5.86. The zero-order chi connectivity index (χ0) is 42.8. The molecule has 3 unspecified atom stereocenters. The Morgan fingerprint density at radius 1 is 0.452 bits per heavy atom. The van der Waals surface area contributed by atoms with Gasteiger partial charge in [-0.3, -0.25) is 0 Å². The molecule has 308 valence electrons. The van der Waals surface area contributed by atoms with Crippen molar-refractivity contribution in [2.24, 2.45) is 0 Å². The zero-order valence-corrected chi connectivity index (χ0v) is 36.1. The lowest BCUT2D eigenvalue weighted by Crippen LogP contribution is -2.34. The number of allylic oxidation sites excluding steroid dienone is 1. The van der Waals surface area contributed by atoms with E-state index in [1.54, 1.807) is 0 Å². The van der Waals surface area contributed by atoms with E-state index in [0.29, 0.717) is 0 Å². The van der Waals surface area contributed by atoms with Gasteiger partial charge in [-0.15, -0.1) is 0 Å². The van der Waals surface area contributed by atoms with E-state index in [0.717, 1.165) is 40.6 Å². The number of rotatable bonds is 8. The lowest BCUT2D eigenvalue weighted by molar-refractivity contribution is 0.460. The van der Waals surface area contributed by atoms with Crippen LogP contribution in [0.4, 0.5) is 34.1 Å². The predicted molar refractivity (Wildman–Crippen MR) is 265 cm³/mol. The number of nitrogens with one attached hydrogen (secondary N) is 4. The van der Waals surface area contributed by atoms with Gasteiger partial charge in [0.15, 0.2) is 0 Å². The third-order valence-corrected chi connectivity index (χ3v) is 12.0. The number of hydrogen-bond donors (Lipinski definition) is 4. The highest BCUT2D eigenvalue weighted by Gasteiger charge is 2.39. The first-order chi connectivity index (χ1) is 30.4. The van der Waals surface area contributed by atoms with Gasteiger partial charge in [0.2, 0.25) is 0 Å². The van der Waals surface area contributed by atoms with E-state index in [4.69, 9.17) is 0 Å². The van der Waals surface area contributed by atoms with E-state index in [-0.39, 0.29) is 16.9 Å². The fraction of sp³-hybridized carbons (Fsp3) is 0.138. The van der Waals surface area contributed by atoms with Crippen LogP contribution in [0.5, 0.6) is 0 Å². The first-order valence-electron chi connectivity index (χ1n) is 21.9. The van der Waals surface area contributed by atoms with Crippen molar-refractivity contribution in [1.82, 2.24) is 0 Å². The van der Waals surface area contributed by atoms with Crippen LogP contribution in [0.25, 0.3) is 5.70 Å². The molecule has 4 nitrogen and oxygen atoms in total. The van der Waals surface area contributed by atoms with Crippen molar-refractivity contribution in [3.05, 3.63) is 258 Å². The topological polar surface area (TPSA) is 48.1 Å². The molecule has 0 aliphatic carbocycles. The van der Waals surface area contributed by atoms with Crippen LogP contribution in [0.3, 0.4) is 0 Å². The monoisotopic (exact) mass is 808 g/mol. The van der Waals surface area contributed by atoms with Crippen LogP contribution in [0, 0.1) is 0 Å². The summed E-state index contributed by atoms with van der Waals surface area (Å²) in [7, 11) is 0. The molecule has 3 atom stereocenters. The lowest BCUT2D eigenvalue weighted by atomic mass is 9.68. The van der Waals surface area contributed by atoms with Gasteiger partial charge in [-0.1, -0.05) is 178 Å². The molecule has 0 spiro atoms. The molecule has 0 radical (unpaired) electrons. The van der Waals surface area contributed by atoms with Crippen LogP contribution < -0.4 is 21.3 Å². The number of hydrogen-bond acceptors (Lipinski definition) is 4. The summed E-state index contributed by atoms with van der Waals surface area (Å²) in [5, 5.41) is 14.6. The summed E-state index contributed by atoms with van der Waals surface area (Å²) in [5.41, 5.74) is 15.3. The van der Waals surface area contributed by atoms with Crippen LogP contribution in [0.2, 0.25) is 0 Å². The van der Waals surface area contributed by atoms with Crippen LogP contribution in [0.15, 0.2) is 224 Å². The van der Waals surface area contributed by atoms with Gasteiger partial charge in [0.05, 0.1) is 6.04 Å². The quantitative estimate of drug-likeness (QED) is 0.123. The molecule has 2 aliphatic heterocycles. The normalized spacial score (nSPS) is 18.3. The van der Waals surface area contributed by atoms with Crippen molar-refractivity contribution in [3.63, 3.8) is 0 Å². The van der Waals surface area contributed by atoms with Gasteiger partial charge in [-0.2, -0.15) is 0 Å². The molecular weight excluding hydrogens is 753 g/mol. The Bertz CT molecular complexity index is 2680. The maximum Gasteiger partial charge on any atom is 0.0525 e. The SMILES string of the molecule is CC.CC1(c2ccccc2)C=C(c2ccccc2)Nc2ccc(Nc3ccccc3)cc21.CC1(c2ccccc2)CC(c2ccccc2)Nc2ccc(Nc3ccccc3)cc21. The summed E-state index contributed by atoms with van der Waals surface area (Å²) in [6.07, 6.45) is 3.36. The van der Waals surface area contributed by atoms with E-state index in [1.807, 2.05) is 38.1 Å². The van der Waals surface area contributed by atoms with Gasteiger partial charge in [-0.25, -0.2) is 0 Å². The molecule has 0 bridgehead atoms. The highest BCUT2D eigenvalue weighted by Crippen LogP contribution is 2.49. The maximum atomic E-state index is 3.80. The molecule has 8 aromatic carbocycles. The minimum atomic E-state index is -0.249. The first kappa shape index (κ1) is 41.4. The van der Waals surface area contributed by atoms with Crippen molar-refractivity contribution in [3.8, 4) is 0 Å². The van der Waals surface area contributed by atoms with Gasteiger partial charge in [0, 0.05) is 50.7 Å². The second-order valence-corrected chi connectivity index (χ2v) is 16.1. The fourth-order valence-corrected chi connectivity index (χ4v) is 8.81. The van der Waals surface area contributed by atoms with E-state index in [9.17, 15) is 0 Å². The minimum absolute atomic E-state index is 0.0866. The Kier molecular flexibility index (Phi) is 12.7. The van der Waals surface area contributed by atoms with Gasteiger partial charge in [0.1, 0.15) is 0 Å². The third-order valence-electron chi connectivity index (χ3n) is 12.0. The van der Waals surface area contributed by atoms with Crippen molar-refractivity contribution in [2.45, 2.75) is 51.0 Å². The number of benzene rings is 8. The summed E-state index contributed by atoms with van der Waals surface area (Å²) in [6.45, 7) is 8.68. The average Bonchev–Trinajstić information content (AvgIpc) is 3.34. The number of fused-ring (bicyclic) bond motifs is 2. The molecular formula is C58H56N4. The molecule has 4 N–H and O–H groups in total. The Balaban J connectivity index is 0.000000164. The van der Waals surface area contributed by atoms with E-state index >= 15 is 0 Å². The van der Waals surface area contributed by atoms with Crippen LogP contribution in [0.1, 0.15) is 73.5 Å². The molecule has 0 saturated heterocycles. The zero-order valence-electron chi connectivity index (χ0n) is 36.1. The van der Waals surface area contributed by atoms with Crippen LogP contribution in [-0.2, 0) is 10.8 Å². The standard InChI is InChI=1S/C28H26N2.C28H24N2.C2H6/c2*1-28(22-13-7-3-8-14-22)20-27(21-11-5-2-6-12-21)30-26-18-17-24(19-25(26)28)29-23-15-9-4-10-16-23;1-2/h2-19,27,29-30H,20H2,1H3;2-20,29-30H,1H3;1-2H3. The fourth-order valence-electron chi connectivity index (χ4n) is 8.81. The van der Waals surface area contributed by atoms with Gasteiger partial charge in [-0.05, 0) is 113 Å². The van der Waals surface area contributed by atoms with Gasteiger partial charge >= 0.3 is 0 Å². The number of anilines is 6. The van der Waals surface area contributed by atoms with E-state index in [1.165, 1.54) is 39.1 Å². The second kappa shape index (κ2) is 19.0. The lowest BCUT2D eigenvalue weighted by Gasteiger charge is -2.42. The molecule has 0 fully saturated rings. The van der Waals surface area contributed by atoms with E-state index < -0.39 is 0 Å². The highest BCUT2D eigenvalue weighted by atomic mass is 15.0. The van der Waals surface area contributed by atoms with Crippen LogP contribution in [-0.4, -0.2) is 0 Å². The summed E-state index contributed by atoms with van der Waals surface area (Å²) in [5.74, 6) is 0. The molecule has 0 amide bonds. The Hall–Kier alpha value is -7.30. The molecule has 4 heteroatoms. The van der Waals surface area contributed by atoms with Crippen molar-refractivity contribution >= 4 is 39.8 Å². The Labute approximate surface area is 368 Å². The summed E-state index contributed by atoms with van der Waals surface area (Å²) in [4.78, 5) is 0. The first-order valence-corrected chi connectivity index (χ1v) is 21.9. The molecule has 0 saturated carbocycles. The smallest absolute Gasteiger partial charge is 0.0525 e. The summed E-state index contributed by atoms with van der Waals surface area (Å²) < 4.78 is 0.